The summed E-state index contributed by atoms with van der Waals surface area (Å²) in [6.07, 6.45) is 5.25. The van der Waals surface area contributed by atoms with E-state index >= 15 is 0 Å². The Balaban J connectivity index is 2.85. The Morgan fingerprint density at radius 1 is 0.611 bits per heavy atom. The van der Waals surface area contributed by atoms with Crippen molar-refractivity contribution in [3.05, 3.63) is 0 Å². The SMILES string of the molecule is CC(C)(C)C1OCCCCCCOC1C(C)(C)C. The molecule has 2 atom stereocenters. The Bertz CT molecular complexity index is 208. The van der Waals surface area contributed by atoms with Crippen molar-refractivity contribution in [3.8, 4) is 0 Å². The van der Waals surface area contributed by atoms with Gasteiger partial charge in [-0.2, -0.15) is 0 Å². The van der Waals surface area contributed by atoms with Crippen LogP contribution in [0.3, 0.4) is 0 Å². The van der Waals surface area contributed by atoms with E-state index in [1.807, 2.05) is 0 Å². The van der Waals surface area contributed by atoms with E-state index in [0.29, 0.717) is 0 Å². The Morgan fingerprint density at radius 3 is 1.22 bits per heavy atom. The number of hydrogen-bond donors (Lipinski definition) is 0. The van der Waals surface area contributed by atoms with Gasteiger partial charge in [0.2, 0.25) is 0 Å². The summed E-state index contributed by atoms with van der Waals surface area (Å²) in [6.45, 7) is 15.3. The lowest BCUT2D eigenvalue weighted by molar-refractivity contribution is -0.156. The van der Waals surface area contributed by atoms with Gasteiger partial charge in [-0.05, 0) is 23.7 Å². The zero-order valence-corrected chi connectivity index (χ0v) is 13.2. The van der Waals surface area contributed by atoms with Crippen LogP contribution in [0.4, 0.5) is 0 Å². The van der Waals surface area contributed by atoms with Crippen LogP contribution in [0.2, 0.25) is 0 Å². The Hall–Kier alpha value is -0.0800. The monoisotopic (exact) mass is 256 g/mol. The van der Waals surface area contributed by atoms with E-state index in [0.717, 1.165) is 13.2 Å². The van der Waals surface area contributed by atoms with Gasteiger partial charge in [-0.25, -0.2) is 0 Å². The second-order valence-electron chi connectivity index (χ2n) is 7.73. The third kappa shape index (κ3) is 4.89. The highest BCUT2D eigenvalue weighted by Gasteiger charge is 2.40. The lowest BCUT2D eigenvalue weighted by atomic mass is 9.76. The molecule has 0 N–H and O–H groups in total. The van der Waals surface area contributed by atoms with Gasteiger partial charge in [-0.15, -0.1) is 0 Å². The van der Waals surface area contributed by atoms with Crippen LogP contribution in [0, 0.1) is 10.8 Å². The van der Waals surface area contributed by atoms with Gasteiger partial charge in [-0.1, -0.05) is 54.4 Å². The van der Waals surface area contributed by atoms with Crippen molar-refractivity contribution < 1.29 is 9.47 Å². The zero-order valence-electron chi connectivity index (χ0n) is 13.2. The molecule has 0 aromatic heterocycles. The molecule has 0 aliphatic carbocycles. The van der Waals surface area contributed by atoms with Crippen LogP contribution in [0.1, 0.15) is 67.2 Å². The summed E-state index contributed by atoms with van der Waals surface area (Å²) in [5.74, 6) is 0. The normalized spacial score (nSPS) is 29.0. The number of hydrogen-bond acceptors (Lipinski definition) is 2. The standard InChI is InChI=1S/C16H32O2/c1-15(2,3)13-14(16(4,5)6)18-12-10-8-7-9-11-17-13/h13-14H,7-12H2,1-6H3. The quantitative estimate of drug-likeness (QED) is 0.638. The van der Waals surface area contributed by atoms with Crippen molar-refractivity contribution >= 4 is 0 Å². The highest BCUT2D eigenvalue weighted by molar-refractivity contribution is 4.89. The molecular formula is C16H32O2. The molecule has 2 nitrogen and oxygen atoms in total. The maximum atomic E-state index is 6.20. The van der Waals surface area contributed by atoms with E-state index < -0.39 is 0 Å². The van der Waals surface area contributed by atoms with Crippen LogP contribution in [-0.4, -0.2) is 25.4 Å². The molecule has 2 unspecified atom stereocenters. The van der Waals surface area contributed by atoms with E-state index in [9.17, 15) is 0 Å². The van der Waals surface area contributed by atoms with Crippen molar-refractivity contribution in [2.75, 3.05) is 13.2 Å². The van der Waals surface area contributed by atoms with E-state index in [-0.39, 0.29) is 23.0 Å². The lowest BCUT2D eigenvalue weighted by Crippen LogP contribution is -2.48. The van der Waals surface area contributed by atoms with Gasteiger partial charge >= 0.3 is 0 Å². The molecule has 1 saturated heterocycles. The maximum absolute atomic E-state index is 6.20. The first kappa shape index (κ1) is 16.0. The molecule has 0 bridgehead atoms. The molecule has 1 aliphatic rings. The molecule has 0 spiro atoms. The van der Waals surface area contributed by atoms with Crippen molar-refractivity contribution in [2.24, 2.45) is 10.8 Å². The van der Waals surface area contributed by atoms with Gasteiger partial charge in [0, 0.05) is 13.2 Å². The summed E-state index contributed by atoms with van der Waals surface area (Å²) >= 11 is 0. The number of ether oxygens (including phenoxy) is 2. The highest BCUT2D eigenvalue weighted by atomic mass is 16.5. The van der Waals surface area contributed by atoms with Crippen LogP contribution < -0.4 is 0 Å². The lowest BCUT2D eigenvalue weighted by Gasteiger charge is -2.43. The molecule has 1 heterocycles. The van der Waals surface area contributed by atoms with Crippen molar-refractivity contribution in [1.29, 1.82) is 0 Å². The molecular weight excluding hydrogens is 224 g/mol. The fourth-order valence-electron chi connectivity index (χ4n) is 2.56. The predicted molar refractivity (Wildman–Crippen MR) is 76.9 cm³/mol. The summed E-state index contributed by atoms with van der Waals surface area (Å²) in [5.41, 5.74) is 0.244. The van der Waals surface area contributed by atoms with Crippen molar-refractivity contribution in [1.82, 2.24) is 0 Å². The smallest absolute Gasteiger partial charge is 0.0889 e. The summed E-state index contributed by atoms with van der Waals surface area (Å²) in [6, 6.07) is 0. The average Bonchev–Trinajstić information content (AvgIpc) is 2.22. The molecule has 0 radical (unpaired) electrons. The molecule has 1 aliphatic heterocycles. The zero-order chi connectivity index (χ0) is 13.8. The first-order valence-corrected chi connectivity index (χ1v) is 7.46. The van der Waals surface area contributed by atoms with Gasteiger partial charge in [0.1, 0.15) is 0 Å². The van der Waals surface area contributed by atoms with E-state index in [4.69, 9.17) is 9.47 Å². The Labute approximate surface area is 113 Å². The maximum Gasteiger partial charge on any atom is 0.0889 e. The van der Waals surface area contributed by atoms with Gasteiger partial charge in [0.05, 0.1) is 12.2 Å². The second kappa shape index (κ2) is 6.38. The first-order chi connectivity index (χ1) is 8.23. The number of rotatable bonds is 0. The summed E-state index contributed by atoms with van der Waals surface area (Å²) in [4.78, 5) is 0. The van der Waals surface area contributed by atoms with Crippen LogP contribution >= 0.6 is 0 Å². The molecule has 108 valence electrons. The summed E-state index contributed by atoms with van der Waals surface area (Å²) < 4.78 is 12.4. The van der Waals surface area contributed by atoms with Gasteiger partial charge in [-0.3, -0.25) is 0 Å². The van der Waals surface area contributed by atoms with E-state index in [1.165, 1.54) is 25.7 Å². The third-order valence-corrected chi connectivity index (χ3v) is 3.62. The molecule has 0 saturated carbocycles. The average molecular weight is 256 g/mol. The molecule has 18 heavy (non-hydrogen) atoms. The van der Waals surface area contributed by atoms with Crippen molar-refractivity contribution in [2.45, 2.75) is 79.4 Å². The Kier molecular flexibility index (Phi) is 5.67. The van der Waals surface area contributed by atoms with Crippen LogP contribution in [-0.2, 0) is 9.47 Å². The third-order valence-electron chi connectivity index (χ3n) is 3.62. The molecule has 2 heteroatoms. The minimum Gasteiger partial charge on any atom is -0.375 e. The molecule has 1 rings (SSSR count). The first-order valence-electron chi connectivity index (χ1n) is 7.46. The van der Waals surface area contributed by atoms with E-state index in [1.54, 1.807) is 0 Å². The molecule has 1 fully saturated rings. The van der Waals surface area contributed by atoms with Crippen LogP contribution in [0.25, 0.3) is 0 Å². The molecule has 0 amide bonds. The van der Waals surface area contributed by atoms with E-state index in [2.05, 4.69) is 41.5 Å². The van der Waals surface area contributed by atoms with Gasteiger partial charge in [0.15, 0.2) is 0 Å². The fourth-order valence-corrected chi connectivity index (χ4v) is 2.56. The van der Waals surface area contributed by atoms with Crippen LogP contribution in [0.5, 0.6) is 0 Å². The largest absolute Gasteiger partial charge is 0.375 e. The summed E-state index contributed by atoms with van der Waals surface area (Å²) in [5, 5.41) is 0. The molecule has 0 aromatic carbocycles. The van der Waals surface area contributed by atoms with Gasteiger partial charge in [0.25, 0.3) is 0 Å². The second-order valence-corrected chi connectivity index (χ2v) is 7.73. The molecule has 0 aromatic rings. The minimum absolute atomic E-state index is 0.122. The Morgan fingerprint density at radius 2 is 0.944 bits per heavy atom. The highest BCUT2D eigenvalue weighted by Crippen LogP contribution is 2.36. The van der Waals surface area contributed by atoms with Crippen LogP contribution in [0.15, 0.2) is 0 Å². The predicted octanol–water partition coefficient (Wildman–Crippen LogP) is 4.42. The van der Waals surface area contributed by atoms with Crippen molar-refractivity contribution in [3.63, 3.8) is 0 Å². The fraction of sp³-hybridized carbons (Fsp3) is 1.00. The van der Waals surface area contributed by atoms with Gasteiger partial charge < -0.3 is 9.47 Å². The minimum atomic E-state index is 0.122. The summed E-state index contributed by atoms with van der Waals surface area (Å²) in [7, 11) is 0. The topological polar surface area (TPSA) is 18.5 Å².